The Labute approximate surface area is 141 Å². The molecule has 0 aliphatic rings. The number of carbonyl (C=O) groups excluding carboxylic acids is 2. The molecule has 0 spiro atoms. The van der Waals surface area contributed by atoms with E-state index in [9.17, 15) is 26.8 Å². The summed E-state index contributed by atoms with van der Waals surface area (Å²) in [4.78, 5) is 23.1. The number of ether oxygens (including phenoxy) is 1. The van der Waals surface area contributed by atoms with Crippen LogP contribution >= 0.6 is 0 Å². The number of sulfonamides is 1. The molecule has 1 N–H and O–H groups in total. The number of hydrogen-bond donors (Lipinski definition) is 1. The van der Waals surface area contributed by atoms with Crippen LogP contribution in [0.15, 0.2) is 35.5 Å². The molecule has 25 heavy (non-hydrogen) atoms. The molecular weight excluding hydrogens is 360 g/mol. The lowest BCUT2D eigenvalue weighted by Gasteiger charge is -2.06. The van der Waals surface area contributed by atoms with Gasteiger partial charge in [0.25, 0.3) is 0 Å². The summed E-state index contributed by atoms with van der Waals surface area (Å²) in [5.74, 6) is -3.79. The maximum Gasteiger partial charge on any atom is 0.321 e. The van der Waals surface area contributed by atoms with Crippen molar-refractivity contribution in [3.8, 4) is 0 Å². The molecule has 8 nitrogen and oxygen atoms in total. The van der Waals surface area contributed by atoms with Crippen molar-refractivity contribution in [2.75, 3.05) is 13.2 Å². The van der Waals surface area contributed by atoms with Crippen LogP contribution in [0.5, 0.6) is 0 Å². The summed E-state index contributed by atoms with van der Waals surface area (Å²) in [6.07, 6.45) is 2.31. The average Bonchev–Trinajstić information content (AvgIpc) is 3.00. The minimum Gasteiger partial charge on any atom is -0.456 e. The zero-order valence-corrected chi connectivity index (χ0v) is 13.7. The van der Waals surface area contributed by atoms with Crippen molar-refractivity contribution in [1.29, 1.82) is 0 Å². The maximum atomic E-state index is 13.4. The average molecular weight is 373 g/mol. The van der Waals surface area contributed by atoms with E-state index in [4.69, 9.17) is 0 Å². The normalized spacial score (nSPS) is 11.3. The van der Waals surface area contributed by atoms with E-state index >= 15 is 0 Å². The molecule has 0 aliphatic carbocycles. The molecule has 0 aliphatic heterocycles. The number of aromatic nitrogens is 2. The summed E-state index contributed by atoms with van der Waals surface area (Å²) >= 11 is 0. The summed E-state index contributed by atoms with van der Waals surface area (Å²) in [5.41, 5.74) is -0.566. The van der Waals surface area contributed by atoms with E-state index in [1.165, 1.54) is 17.9 Å². The Balaban J connectivity index is 1.88. The van der Waals surface area contributed by atoms with Gasteiger partial charge >= 0.3 is 5.97 Å². The first kappa shape index (κ1) is 18.7. The predicted molar refractivity (Wildman–Crippen MR) is 80.0 cm³/mol. The molecule has 11 heteroatoms. The van der Waals surface area contributed by atoms with Crippen LogP contribution in [-0.4, -0.2) is 43.1 Å². The number of nitrogens with one attached hydrogen (secondary N) is 1. The van der Waals surface area contributed by atoms with Crippen molar-refractivity contribution in [2.45, 2.75) is 4.90 Å². The monoisotopic (exact) mass is 373 g/mol. The number of nitrogens with zero attached hydrogens (tertiary/aromatic N) is 2. The van der Waals surface area contributed by atoms with Gasteiger partial charge in [-0.15, -0.1) is 0 Å². The molecule has 0 amide bonds. The Morgan fingerprint density at radius 3 is 2.68 bits per heavy atom. The van der Waals surface area contributed by atoms with E-state index in [-0.39, 0.29) is 4.90 Å². The molecule has 2 aromatic rings. The van der Waals surface area contributed by atoms with Crippen molar-refractivity contribution < 1.29 is 31.5 Å². The Bertz CT molecular complexity index is 911. The first-order valence-electron chi connectivity index (χ1n) is 6.81. The summed E-state index contributed by atoms with van der Waals surface area (Å²) in [7, 11) is -2.45. The van der Waals surface area contributed by atoms with Crippen LogP contribution in [0.1, 0.15) is 10.4 Å². The van der Waals surface area contributed by atoms with Crippen LogP contribution < -0.4 is 4.72 Å². The van der Waals surface area contributed by atoms with Gasteiger partial charge in [-0.25, -0.2) is 17.2 Å². The molecule has 0 saturated carbocycles. The van der Waals surface area contributed by atoms with Gasteiger partial charge in [0.15, 0.2) is 6.61 Å². The summed E-state index contributed by atoms with van der Waals surface area (Å²) < 4.78 is 57.9. The first-order valence-corrected chi connectivity index (χ1v) is 8.29. The Hall–Kier alpha value is -2.66. The quantitative estimate of drug-likeness (QED) is 0.556. The highest BCUT2D eigenvalue weighted by molar-refractivity contribution is 7.89. The lowest BCUT2D eigenvalue weighted by Crippen LogP contribution is -2.31. The van der Waals surface area contributed by atoms with Gasteiger partial charge in [-0.3, -0.25) is 14.3 Å². The van der Waals surface area contributed by atoms with Crippen molar-refractivity contribution in [3.63, 3.8) is 0 Å². The number of carbonyl (C=O) groups is 2. The fourth-order valence-corrected chi connectivity index (χ4v) is 2.71. The smallest absolute Gasteiger partial charge is 0.321 e. The van der Waals surface area contributed by atoms with Gasteiger partial charge in [0.1, 0.15) is 23.1 Å². The third kappa shape index (κ3) is 4.90. The molecule has 2 rings (SSSR count). The number of benzene rings is 1. The number of esters is 1. The number of halogens is 2. The van der Waals surface area contributed by atoms with Gasteiger partial charge in [-0.1, -0.05) is 0 Å². The number of rotatable bonds is 7. The zero-order chi connectivity index (χ0) is 18.6. The zero-order valence-electron chi connectivity index (χ0n) is 12.9. The molecular formula is C14H13F2N3O5S. The van der Waals surface area contributed by atoms with E-state index in [2.05, 4.69) is 9.84 Å². The second kappa shape index (κ2) is 7.49. The van der Waals surface area contributed by atoms with E-state index in [0.717, 1.165) is 18.3 Å². The van der Waals surface area contributed by atoms with Crippen LogP contribution in [0.4, 0.5) is 8.78 Å². The third-order valence-corrected chi connectivity index (χ3v) is 4.35. The van der Waals surface area contributed by atoms with E-state index < -0.39 is 52.1 Å². The molecule has 0 saturated heterocycles. The largest absolute Gasteiger partial charge is 0.456 e. The Kier molecular flexibility index (Phi) is 5.59. The molecule has 0 fully saturated rings. The van der Waals surface area contributed by atoms with Crippen LogP contribution in [-0.2, 0) is 26.6 Å². The maximum absolute atomic E-state index is 13.4. The second-order valence-electron chi connectivity index (χ2n) is 4.88. The van der Waals surface area contributed by atoms with Crippen molar-refractivity contribution >= 4 is 21.8 Å². The molecule has 0 atom stereocenters. The van der Waals surface area contributed by atoms with Crippen molar-refractivity contribution in [1.82, 2.24) is 14.5 Å². The molecule has 1 aromatic carbocycles. The van der Waals surface area contributed by atoms with E-state index in [0.29, 0.717) is 6.07 Å². The molecule has 1 heterocycles. The summed E-state index contributed by atoms with van der Waals surface area (Å²) in [5, 5.41) is 3.69. The minimum atomic E-state index is -3.97. The Morgan fingerprint density at radius 2 is 2.04 bits per heavy atom. The fraction of sp³-hybridized carbons (Fsp3) is 0.214. The molecule has 0 radical (unpaired) electrons. The minimum absolute atomic E-state index is 0.152. The molecule has 134 valence electrons. The number of hydrogen-bond acceptors (Lipinski definition) is 6. The standard InChI is InChI=1S/C14H13F2N3O5S/c1-19-7-10(5-17-19)25(22,23)18-6-14(21)24-8-13(20)11-4-9(15)2-3-12(11)16/h2-5,7,18H,6,8H2,1H3. The van der Waals surface area contributed by atoms with Gasteiger partial charge in [0, 0.05) is 13.2 Å². The highest BCUT2D eigenvalue weighted by atomic mass is 32.2. The van der Waals surface area contributed by atoms with Crippen LogP contribution in [0.3, 0.4) is 0 Å². The van der Waals surface area contributed by atoms with Gasteiger partial charge in [0.05, 0.1) is 11.8 Å². The highest BCUT2D eigenvalue weighted by Gasteiger charge is 2.19. The Morgan fingerprint density at radius 1 is 1.32 bits per heavy atom. The van der Waals surface area contributed by atoms with Crippen molar-refractivity contribution in [2.24, 2.45) is 7.05 Å². The van der Waals surface area contributed by atoms with Gasteiger partial charge in [0.2, 0.25) is 15.8 Å². The molecule has 0 unspecified atom stereocenters. The first-order chi connectivity index (χ1) is 11.7. The molecule has 0 bridgehead atoms. The number of ketones is 1. The van der Waals surface area contributed by atoms with Crippen molar-refractivity contribution in [3.05, 3.63) is 47.8 Å². The van der Waals surface area contributed by atoms with Gasteiger partial charge in [-0.2, -0.15) is 9.82 Å². The second-order valence-corrected chi connectivity index (χ2v) is 6.65. The van der Waals surface area contributed by atoms with Gasteiger partial charge < -0.3 is 4.74 Å². The topological polar surface area (TPSA) is 107 Å². The van der Waals surface area contributed by atoms with Gasteiger partial charge in [-0.05, 0) is 18.2 Å². The number of Topliss-reactive ketones (excluding diaryl/α,β-unsaturated/α-hetero) is 1. The van der Waals surface area contributed by atoms with Crippen LogP contribution in [0.25, 0.3) is 0 Å². The molecule has 1 aromatic heterocycles. The SMILES string of the molecule is Cn1cc(S(=O)(=O)NCC(=O)OCC(=O)c2cc(F)ccc2F)cn1. The summed E-state index contributed by atoms with van der Waals surface area (Å²) in [6.45, 7) is -1.59. The lowest BCUT2D eigenvalue weighted by atomic mass is 10.1. The van der Waals surface area contributed by atoms with E-state index in [1.54, 1.807) is 0 Å². The highest BCUT2D eigenvalue weighted by Crippen LogP contribution is 2.10. The fourth-order valence-electron chi connectivity index (χ4n) is 1.76. The van der Waals surface area contributed by atoms with E-state index in [1.807, 2.05) is 4.72 Å². The number of aryl methyl sites for hydroxylation is 1. The third-order valence-electron chi connectivity index (χ3n) is 2.99. The van der Waals surface area contributed by atoms with Crippen LogP contribution in [0, 0.1) is 11.6 Å². The predicted octanol–water partition coefficient (Wildman–Crippen LogP) is 0.403. The summed E-state index contributed by atoms with van der Waals surface area (Å²) in [6, 6.07) is 2.29. The lowest BCUT2D eigenvalue weighted by molar-refractivity contribution is -0.141. The van der Waals surface area contributed by atoms with Crippen LogP contribution in [0.2, 0.25) is 0 Å².